The van der Waals surface area contributed by atoms with Gasteiger partial charge in [-0.3, -0.25) is 4.79 Å². The van der Waals surface area contributed by atoms with Crippen molar-refractivity contribution in [1.29, 1.82) is 0 Å². The van der Waals surface area contributed by atoms with Gasteiger partial charge in [-0.1, -0.05) is 38.1 Å². The third-order valence-electron chi connectivity index (χ3n) is 4.86. The summed E-state index contributed by atoms with van der Waals surface area (Å²) in [5.74, 6) is -0.177. The molecule has 0 atom stereocenters. The molecule has 0 aliphatic heterocycles. The molecule has 0 bridgehead atoms. The Morgan fingerprint density at radius 1 is 1.10 bits per heavy atom. The molecule has 3 rings (SSSR count). The Bertz CT molecular complexity index is 1120. The third-order valence-corrected chi connectivity index (χ3v) is 8.02. The zero-order chi connectivity index (χ0) is 22.3. The predicted molar refractivity (Wildman–Crippen MR) is 127 cm³/mol. The van der Waals surface area contributed by atoms with E-state index in [1.54, 1.807) is 41.7 Å². The number of aryl methyl sites for hydroxylation is 1. The zero-order valence-corrected chi connectivity index (χ0v) is 19.4. The number of sulfonamides is 1. The summed E-state index contributed by atoms with van der Waals surface area (Å²) >= 11 is 1.69. The van der Waals surface area contributed by atoms with Gasteiger partial charge in [0.05, 0.1) is 20.1 Å². The van der Waals surface area contributed by atoms with E-state index in [4.69, 9.17) is 0 Å². The second-order valence-corrected chi connectivity index (χ2v) is 10.0. The minimum atomic E-state index is -3.47. The van der Waals surface area contributed by atoms with Gasteiger partial charge in [0.2, 0.25) is 15.9 Å². The van der Waals surface area contributed by atoms with Crippen molar-refractivity contribution < 1.29 is 13.2 Å². The van der Waals surface area contributed by atoms with Gasteiger partial charge >= 0.3 is 0 Å². The van der Waals surface area contributed by atoms with E-state index in [-0.39, 0.29) is 10.8 Å². The number of rotatable bonds is 10. The minimum absolute atomic E-state index is 0.177. The van der Waals surface area contributed by atoms with Crippen LogP contribution in [0.5, 0.6) is 0 Å². The molecule has 2 aromatic carbocycles. The lowest BCUT2D eigenvalue weighted by molar-refractivity contribution is -0.116. The molecular weight excluding hydrogens is 430 g/mol. The smallest absolute Gasteiger partial charge is 0.243 e. The first-order valence-electron chi connectivity index (χ1n) is 10.3. The predicted octanol–water partition coefficient (Wildman–Crippen LogP) is 4.09. The Labute approximate surface area is 187 Å². The Morgan fingerprint density at radius 2 is 1.81 bits per heavy atom. The molecular formula is C23H27N3O3S2. The van der Waals surface area contributed by atoms with Crippen molar-refractivity contribution in [3.8, 4) is 0 Å². The van der Waals surface area contributed by atoms with Gasteiger partial charge in [0, 0.05) is 32.1 Å². The Morgan fingerprint density at radius 3 is 2.48 bits per heavy atom. The van der Waals surface area contributed by atoms with E-state index in [2.05, 4.69) is 16.4 Å². The van der Waals surface area contributed by atoms with E-state index in [0.717, 1.165) is 28.9 Å². The van der Waals surface area contributed by atoms with Gasteiger partial charge < -0.3 is 5.32 Å². The van der Waals surface area contributed by atoms with Gasteiger partial charge in [-0.05, 0) is 42.3 Å². The van der Waals surface area contributed by atoms with E-state index in [1.807, 2.05) is 32.0 Å². The number of hydrogen-bond acceptors (Lipinski definition) is 5. The largest absolute Gasteiger partial charge is 0.353 e. The molecule has 1 amide bonds. The quantitative estimate of drug-likeness (QED) is 0.367. The van der Waals surface area contributed by atoms with Crippen molar-refractivity contribution >= 4 is 43.6 Å². The summed E-state index contributed by atoms with van der Waals surface area (Å²) in [6, 6.07) is 14.6. The average molecular weight is 458 g/mol. The van der Waals surface area contributed by atoms with Crippen LogP contribution >= 0.6 is 11.3 Å². The standard InChI is InChI=1S/C23H27N3O3S2/c1-3-26(4-2)31(28,29)19-14-11-18(12-15-19)13-16-22(27)24-17-7-10-23-25-20-8-5-6-9-21(20)30-23/h5-6,8-9,11-16H,3-4,7,10,17H2,1-2H3,(H,24,27). The van der Waals surface area contributed by atoms with Crippen LogP contribution in [0.15, 0.2) is 59.5 Å². The monoisotopic (exact) mass is 457 g/mol. The number of nitrogens with zero attached hydrogens (tertiary/aromatic N) is 2. The number of benzene rings is 2. The zero-order valence-electron chi connectivity index (χ0n) is 17.7. The van der Waals surface area contributed by atoms with Crippen LogP contribution in [0.4, 0.5) is 0 Å². The first kappa shape index (κ1) is 23.1. The van der Waals surface area contributed by atoms with Crippen molar-refractivity contribution in [2.24, 2.45) is 0 Å². The summed E-state index contributed by atoms with van der Waals surface area (Å²) in [5.41, 5.74) is 1.79. The topological polar surface area (TPSA) is 79.4 Å². The maximum absolute atomic E-state index is 12.5. The van der Waals surface area contributed by atoms with Crippen LogP contribution in [-0.4, -0.2) is 43.2 Å². The number of amides is 1. The molecule has 6 nitrogen and oxygen atoms in total. The first-order valence-corrected chi connectivity index (χ1v) is 12.6. The van der Waals surface area contributed by atoms with Gasteiger partial charge in [0.15, 0.2) is 0 Å². The number of hydrogen-bond donors (Lipinski definition) is 1. The lowest BCUT2D eigenvalue weighted by atomic mass is 10.2. The number of thiazole rings is 1. The SMILES string of the molecule is CCN(CC)S(=O)(=O)c1ccc(C=CC(=O)NCCCc2nc3ccccc3s2)cc1. The summed E-state index contributed by atoms with van der Waals surface area (Å²) in [4.78, 5) is 16.9. The number of carbonyl (C=O) groups is 1. The summed E-state index contributed by atoms with van der Waals surface area (Å²) in [5, 5.41) is 3.95. The Hall–Kier alpha value is -2.55. The second-order valence-electron chi connectivity index (χ2n) is 6.96. The molecule has 0 aliphatic carbocycles. The van der Waals surface area contributed by atoms with Crippen LogP contribution in [0.2, 0.25) is 0 Å². The molecule has 8 heteroatoms. The highest BCUT2D eigenvalue weighted by molar-refractivity contribution is 7.89. The van der Waals surface area contributed by atoms with Crippen LogP contribution in [0.3, 0.4) is 0 Å². The maximum atomic E-state index is 12.5. The summed E-state index contributed by atoms with van der Waals surface area (Å²) < 4.78 is 27.6. The van der Waals surface area contributed by atoms with E-state index in [0.29, 0.717) is 19.6 Å². The number of fused-ring (bicyclic) bond motifs is 1. The van der Waals surface area contributed by atoms with E-state index in [9.17, 15) is 13.2 Å². The summed E-state index contributed by atoms with van der Waals surface area (Å²) in [6.07, 6.45) is 4.78. The maximum Gasteiger partial charge on any atom is 0.243 e. The molecule has 0 saturated heterocycles. The molecule has 1 aromatic heterocycles. The molecule has 0 radical (unpaired) electrons. The van der Waals surface area contributed by atoms with E-state index >= 15 is 0 Å². The molecule has 164 valence electrons. The summed E-state index contributed by atoms with van der Waals surface area (Å²) in [6.45, 7) is 5.06. The number of nitrogens with one attached hydrogen (secondary N) is 1. The number of para-hydroxylation sites is 1. The van der Waals surface area contributed by atoms with Gasteiger partial charge in [-0.2, -0.15) is 4.31 Å². The highest BCUT2D eigenvalue weighted by Crippen LogP contribution is 2.22. The van der Waals surface area contributed by atoms with Crippen LogP contribution in [0, 0.1) is 0 Å². The fourth-order valence-corrected chi connectivity index (χ4v) is 5.64. The molecule has 31 heavy (non-hydrogen) atoms. The molecule has 0 saturated carbocycles. The van der Waals surface area contributed by atoms with Crippen molar-refractivity contribution in [1.82, 2.24) is 14.6 Å². The Balaban J connectivity index is 1.47. The lowest BCUT2D eigenvalue weighted by Crippen LogP contribution is -2.30. The lowest BCUT2D eigenvalue weighted by Gasteiger charge is -2.18. The first-order chi connectivity index (χ1) is 14.9. The normalized spacial score (nSPS) is 12.1. The van der Waals surface area contributed by atoms with Crippen LogP contribution in [-0.2, 0) is 21.2 Å². The average Bonchev–Trinajstić information content (AvgIpc) is 3.19. The van der Waals surface area contributed by atoms with E-state index in [1.165, 1.54) is 15.1 Å². The van der Waals surface area contributed by atoms with E-state index < -0.39 is 10.0 Å². The van der Waals surface area contributed by atoms with Crippen LogP contribution in [0.25, 0.3) is 16.3 Å². The van der Waals surface area contributed by atoms with Crippen LogP contribution < -0.4 is 5.32 Å². The molecule has 0 spiro atoms. The van der Waals surface area contributed by atoms with Gasteiger partial charge in [0.25, 0.3) is 0 Å². The van der Waals surface area contributed by atoms with Gasteiger partial charge in [-0.25, -0.2) is 13.4 Å². The van der Waals surface area contributed by atoms with Crippen molar-refractivity contribution in [2.75, 3.05) is 19.6 Å². The number of carbonyl (C=O) groups excluding carboxylic acids is 1. The number of aromatic nitrogens is 1. The minimum Gasteiger partial charge on any atom is -0.353 e. The van der Waals surface area contributed by atoms with Crippen molar-refractivity contribution in [3.63, 3.8) is 0 Å². The molecule has 1 heterocycles. The highest BCUT2D eigenvalue weighted by atomic mass is 32.2. The molecule has 0 fully saturated rings. The molecule has 0 aliphatic rings. The van der Waals surface area contributed by atoms with Gasteiger partial charge in [0.1, 0.15) is 0 Å². The van der Waals surface area contributed by atoms with Crippen molar-refractivity contribution in [3.05, 3.63) is 65.2 Å². The van der Waals surface area contributed by atoms with Crippen LogP contribution in [0.1, 0.15) is 30.8 Å². The highest BCUT2D eigenvalue weighted by Gasteiger charge is 2.20. The molecule has 1 N–H and O–H groups in total. The van der Waals surface area contributed by atoms with Gasteiger partial charge in [-0.15, -0.1) is 11.3 Å². The molecule has 0 unspecified atom stereocenters. The molecule has 3 aromatic rings. The fraction of sp³-hybridized carbons (Fsp3) is 0.304. The Kier molecular flexibility index (Phi) is 7.95. The van der Waals surface area contributed by atoms with Crippen molar-refractivity contribution in [2.45, 2.75) is 31.6 Å². The summed E-state index contributed by atoms with van der Waals surface area (Å²) in [7, 11) is -3.47. The third kappa shape index (κ3) is 6.00. The second kappa shape index (κ2) is 10.7. The fourth-order valence-electron chi connectivity index (χ4n) is 3.17.